The topological polar surface area (TPSA) is 66.4 Å². The van der Waals surface area contributed by atoms with Gasteiger partial charge in [0.05, 0.1) is 11.8 Å². The lowest BCUT2D eigenvalue weighted by atomic mass is 9.78. The molecule has 0 radical (unpaired) electrons. The van der Waals surface area contributed by atoms with Crippen LogP contribution in [-0.2, 0) is 9.59 Å². The molecular formula is C14H25NO3. The number of hydrogen-bond acceptors (Lipinski definition) is 2. The van der Waals surface area contributed by atoms with Gasteiger partial charge in [-0.1, -0.05) is 32.6 Å². The normalized spacial score (nSPS) is 25.4. The second kappa shape index (κ2) is 7.39. The second-order valence-electron chi connectivity index (χ2n) is 5.39. The van der Waals surface area contributed by atoms with E-state index in [2.05, 4.69) is 12.2 Å². The van der Waals surface area contributed by atoms with Gasteiger partial charge in [-0.3, -0.25) is 9.59 Å². The van der Waals surface area contributed by atoms with Gasteiger partial charge in [0.1, 0.15) is 0 Å². The number of unbranched alkanes of at least 4 members (excludes halogenated alkanes) is 1. The van der Waals surface area contributed by atoms with E-state index in [9.17, 15) is 9.59 Å². The lowest BCUT2D eigenvalue weighted by Crippen LogP contribution is -2.43. The highest BCUT2D eigenvalue weighted by Gasteiger charge is 2.35. The van der Waals surface area contributed by atoms with Gasteiger partial charge in [-0.05, 0) is 26.2 Å². The molecule has 2 N–H and O–H groups in total. The summed E-state index contributed by atoms with van der Waals surface area (Å²) < 4.78 is 0. The van der Waals surface area contributed by atoms with Crippen molar-refractivity contribution < 1.29 is 14.7 Å². The summed E-state index contributed by atoms with van der Waals surface area (Å²) in [6.07, 6.45) is 6.40. The highest BCUT2D eigenvalue weighted by Crippen LogP contribution is 2.30. The predicted molar refractivity (Wildman–Crippen MR) is 70.2 cm³/mol. The number of carbonyl (C=O) groups excluding carboxylic acids is 1. The van der Waals surface area contributed by atoms with Crippen LogP contribution < -0.4 is 5.32 Å². The quantitative estimate of drug-likeness (QED) is 0.766. The molecule has 0 bridgehead atoms. The van der Waals surface area contributed by atoms with Gasteiger partial charge in [-0.15, -0.1) is 0 Å². The average Bonchev–Trinajstić information content (AvgIpc) is 2.36. The van der Waals surface area contributed by atoms with E-state index in [4.69, 9.17) is 5.11 Å². The molecule has 1 fully saturated rings. The van der Waals surface area contributed by atoms with E-state index >= 15 is 0 Å². The molecule has 3 atom stereocenters. The number of carboxylic acids is 1. The Kier molecular flexibility index (Phi) is 6.16. The van der Waals surface area contributed by atoms with Gasteiger partial charge >= 0.3 is 5.97 Å². The van der Waals surface area contributed by atoms with Crippen LogP contribution in [0.1, 0.15) is 58.8 Å². The summed E-state index contributed by atoms with van der Waals surface area (Å²) in [6, 6.07) is 0.147. The lowest BCUT2D eigenvalue weighted by Gasteiger charge is -2.28. The van der Waals surface area contributed by atoms with Gasteiger partial charge in [0.15, 0.2) is 0 Å². The Morgan fingerprint density at radius 3 is 2.44 bits per heavy atom. The summed E-state index contributed by atoms with van der Waals surface area (Å²) in [5.41, 5.74) is 0. The third kappa shape index (κ3) is 4.31. The maximum Gasteiger partial charge on any atom is 0.307 e. The predicted octanol–water partition coefficient (Wildman–Crippen LogP) is 2.57. The summed E-state index contributed by atoms with van der Waals surface area (Å²) in [5, 5.41) is 12.1. The number of hydrogen-bond donors (Lipinski definition) is 2. The number of nitrogens with one attached hydrogen (secondary N) is 1. The second-order valence-corrected chi connectivity index (χ2v) is 5.39. The molecular weight excluding hydrogens is 230 g/mol. The van der Waals surface area contributed by atoms with Crippen LogP contribution in [0.15, 0.2) is 0 Å². The van der Waals surface area contributed by atoms with E-state index in [1.165, 1.54) is 0 Å². The monoisotopic (exact) mass is 255 g/mol. The molecule has 0 spiro atoms. The molecule has 1 rings (SSSR count). The third-order valence-electron chi connectivity index (χ3n) is 3.80. The Bertz CT molecular complexity index is 291. The molecule has 4 nitrogen and oxygen atoms in total. The first kappa shape index (κ1) is 15.0. The van der Waals surface area contributed by atoms with Crippen molar-refractivity contribution >= 4 is 11.9 Å². The molecule has 0 saturated heterocycles. The minimum Gasteiger partial charge on any atom is -0.481 e. The van der Waals surface area contributed by atoms with Crippen LogP contribution in [0.2, 0.25) is 0 Å². The fourth-order valence-corrected chi connectivity index (χ4v) is 2.67. The van der Waals surface area contributed by atoms with Gasteiger partial charge < -0.3 is 10.4 Å². The molecule has 0 aromatic rings. The van der Waals surface area contributed by atoms with E-state index in [1.807, 2.05) is 6.92 Å². The van der Waals surface area contributed by atoms with E-state index in [0.717, 1.165) is 32.1 Å². The Balaban J connectivity index is 2.50. The van der Waals surface area contributed by atoms with E-state index in [-0.39, 0.29) is 17.9 Å². The van der Waals surface area contributed by atoms with Crippen molar-refractivity contribution in [3.05, 3.63) is 0 Å². The molecule has 0 aliphatic heterocycles. The fourth-order valence-electron chi connectivity index (χ4n) is 2.67. The zero-order chi connectivity index (χ0) is 13.5. The first-order valence-electron chi connectivity index (χ1n) is 7.09. The van der Waals surface area contributed by atoms with Crippen LogP contribution in [0, 0.1) is 11.8 Å². The maximum absolute atomic E-state index is 12.1. The van der Waals surface area contributed by atoms with Crippen molar-refractivity contribution in [2.24, 2.45) is 11.8 Å². The van der Waals surface area contributed by atoms with Crippen LogP contribution in [0.4, 0.5) is 0 Å². The zero-order valence-electron chi connectivity index (χ0n) is 11.4. The maximum atomic E-state index is 12.1. The SMILES string of the molecule is CCCCC(C)NC(=O)C1CCCCC1C(=O)O. The largest absolute Gasteiger partial charge is 0.481 e. The first-order chi connectivity index (χ1) is 8.56. The minimum absolute atomic E-state index is 0.0642. The number of carbonyl (C=O) groups is 2. The zero-order valence-corrected chi connectivity index (χ0v) is 11.4. The van der Waals surface area contributed by atoms with Crippen molar-refractivity contribution in [2.45, 2.75) is 64.8 Å². The molecule has 1 saturated carbocycles. The van der Waals surface area contributed by atoms with Gasteiger partial charge in [0.25, 0.3) is 0 Å². The van der Waals surface area contributed by atoms with E-state index in [0.29, 0.717) is 12.8 Å². The summed E-state index contributed by atoms with van der Waals surface area (Å²) >= 11 is 0. The highest BCUT2D eigenvalue weighted by atomic mass is 16.4. The fraction of sp³-hybridized carbons (Fsp3) is 0.857. The number of rotatable bonds is 6. The van der Waals surface area contributed by atoms with Crippen LogP contribution in [0.25, 0.3) is 0 Å². The van der Waals surface area contributed by atoms with Crippen molar-refractivity contribution in [3.63, 3.8) is 0 Å². The smallest absolute Gasteiger partial charge is 0.307 e. The molecule has 1 aliphatic carbocycles. The molecule has 1 amide bonds. The van der Waals surface area contributed by atoms with Gasteiger partial charge in [0, 0.05) is 6.04 Å². The highest BCUT2D eigenvalue weighted by molar-refractivity contribution is 5.85. The molecule has 0 aromatic heterocycles. The van der Waals surface area contributed by atoms with Gasteiger partial charge in [-0.25, -0.2) is 0 Å². The number of carboxylic acid groups (broad SMARTS) is 1. The number of amides is 1. The van der Waals surface area contributed by atoms with Crippen LogP contribution in [0.5, 0.6) is 0 Å². The van der Waals surface area contributed by atoms with E-state index < -0.39 is 11.9 Å². The summed E-state index contributed by atoms with van der Waals surface area (Å²) in [4.78, 5) is 23.3. The molecule has 0 heterocycles. The molecule has 104 valence electrons. The van der Waals surface area contributed by atoms with Gasteiger partial charge in [-0.2, -0.15) is 0 Å². The summed E-state index contributed by atoms with van der Waals surface area (Å²) in [7, 11) is 0. The van der Waals surface area contributed by atoms with Crippen LogP contribution in [0.3, 0.4) is 0 Å². The summed E-state index contributed by atoms with van der Waals surface area (Å²) in [6.45, 7) is 4.11. The molecule has 4 heteroatoms. The lowest BCUT2D eigenvalue weighted by molar-refractivity contribution is -0.149. The molecule has 3 unspecified atom stereocenters. The minimum atomic E-state index is -0.823. The average molecular weight is 255 g/mol. The van der Waals surface area contributed by atoms with Crippen LogP contribution in [-0.4, -0.2) is 23.0 Å². The number of aliphatic carboxylic acids is 1. The Hall–Kier alpha value is -1.06. The van der Waals surface area contributed by atoms with Crippen LogP contribution >= 0.6 is 0 Å². The van der Waals surface area contributed by atoms with Crippen molar-refractivity contribution in [1.82, 2.24) is 5.32 Å². The van der Waals surface area contributed by atoms with Gasteiger partial charge in [0.2, 0.25) is 5.91 Å². The van der Waals surface area contributed by atoms with Crippen molar-refractivity contribution in [2.75, 3.05) is 0 Å². The molecule has 0 aromatic carbocycles. The molecule has 18 heavy (non-hydrogen) atoms. The third-order valence-corrected chi connectivity index (χ3v) is 3.80. The first-order valence-corrected chi connectivity index (χ1v) is 7.09. The molecule has 1 aliphatic rings. The van der Waals surface area contributed by atoms with Crippen molar-refractivity contribution in [3.8, 4) is 0 Å². The Morgan fingerprint density at radius 2 is 1.89 bits per heavy atom. The van der Waals surface area contributed by atoms with Crippen molar-refractivity contribution in [1.29, 1.82) is 0 Å². The Morgan fingerprint density at radius 1 is 1.28 bits per heavy atom. The standard InChI is InChI=1S/C14H25NO3/c1-3-4-7-10(2)15-13(16)11-8-5-6-9-12(11)14(17)18/h10-12H,3-9H2,1-2H3,(H,15,16)(H,17,18). The summed E-state index contributed by atoms with van der Waals surface area (Å²) in [5.74, 6) is -1.71. The Labute approximate surface area is 109 Å². The van der Waals surface area contributed by atoms with E-state index in [1.54, 1.807) is 0 Å².